The second-order valence-corrected chi connectivity index (χ2v) is 8.02. The lowest BCUT2D eigenvalue weighted by molar-refractivity contribution is -0.142. The summed E-state index contributed by atoms with van der Waals surface area (Å²) in [6.07, 6.45) is -3.06. The van der Waals surface area contributed by atoms with Crippen LogP contribution in [0.4, 0.5) is 17.6 Å². The molecule has 168 valence electrons. The predicted octanol–water partition coefficient (Wildman–Crippen LogP) is 2.11. The summed E-state index contributed by atoms with van der Waals surface area (Å²) in [5.41, 5.74) is -2.08. The number of fused-ring (bicyclic) bond motifs is 2. The molecule has 0 aromatic carbocycles. The van der Waals surface area contributed by atoms with E-state index in [1.165, 1.54) is 21.7 Å². The number of aromatic nitrogens is 5. The Labute approximate surface area is 178 Å². The van der Waals surface area contributed by atoms with E-state index in [4.69, 9.17) is 0 Å². The van der Waals surface area contributed by atoms with Gasteiger partial charge in [-0.25, -0.2) is 23.8 Å². The van der Waals surface area contributed by atoms with Gasteiger partial charge in [-0.1, -0.05) is 0 Å². The van der Waals surface area contributed by atoms with Crippen molar-refractivity contribution in [3.8, 4) is 0 Å². The van der Waals surface area contributed by atoms with Gasteiger partial charge in [0, 0.05) is 23.6 Å². The maximum atomic E-state index is 13.7. The highest BCUT2D eigenvalue weighted by Crippen LogP contribution is 2.32. The topological polar surface area (TPSA) is 85.9 Å². The van der Waals surface area contributed by atoms with Crippen LogP contribution in [0.3, 0.4) is 0 Å². The quantitative estimate of drug-likeness (QED) is 0.571. The summed E-state index contributed by atoms with van der Waals surface area (Å²) in [7, 11) is 0. The van der Waals surface area contributed by atoms with Gasteiger partial charge >= 0.3 is 11.9 Å². The van der Waals surface area contributed by atoms with Gasteiger partial charge in [0.15, 0.2) is 11.3 Å². The van der Waals surface area contributed by atoms with E-state index in [1.54, 1.807) is 12.1 Å². The Balaban J connectivity index is 1.53. The number of amides is 1. The first-order valence-electron chi connectivity index (χ1n) is 10.2. The number of halogens is 4. The van der Waals surface area contributed by atoms with E-state index in [1.807, 2.05) is 0 Å². The molecule has 3 aromatic rings. The van der Waals surface area contributed by atoms with Gasteiger partial charge in [0.2, 0.25) is 5.91 Å². The summed E-state index contributed by atoms with van der Waals surface area (Å²) < 4.78 is 56.3. The van der Waals surface area contributed by atoms with Crippen LogP contribution < -0.4 is 5.69 Å². The number of carbonyl (C=O) groups is 1. The molecule has 1 amide bonds. The second kappa shape index (κ2) is 7.38. The minimum Gasteiger partial charge on any atom is -0.335 e. The first-order chi connectivity index (χ1) is 15.2. The Hall–Kier alpha value is -3.31. The standard InChI is InChI=1S/C20H18F4N6O2/c21-13-9-28(10-13)18(31)14-4-1-5-15-27-29(19(32)30(14)15)8-12-7-11-3-2-6-25-17(11)26-16(12)20(22,23)24/h2-3,6-7,13-14H,1,4-5,8-10H2. The van der Waals surface area contributed by atoms with Crippen LogP contribution in [-0.2, 0) is 23.9 Å². The maximum Gasteiger partial charge on any atom is 0.433 e. The van der Waals surface area contributed by atoms with E-state index in [0.717, 1.165) is 4.68 Å². The highest BCUT2D eigenvalue weighted by molar-refractivity contribution is 5.81. The number of hydrogen-bond donors (Lipinski definition) is 0. The monoisotopic (exact) mass is 450 g/mol. The lowest BCUT2D eigenvalue weighted by Gasteiger charge is -2.37. The van der Waals surface area contributed by atoms with Crippen molar-refractivity contribution in [1.82, 2.24) is 29.2 Å². The molecule has 2 aliphatic heterocycles. The van der Waals surface area contributed by atoms with Crippen molar-refractivity contribution in [2.24, 2.45) is 0 Å². The van der Waals surface area contributed by atoms with Crippen molar-refractivity contribution in [2.45, 2.75) is 44.2 Å². The van der Waals surface area contributed by atoms with Crippen LogP contribution in [0.5, 0.6) is 0 Å². The van der Waals surface area contributed by atoms with E-state index < -0.39 is 36.3 Å². The first kappa shape index (κ1) is 20.6. The lowest BCUT2D eigenvalue weighted by atomic mass is 10.0. The van der Waals surface area contributed by atoms with Crippen molar-refractivity contribution < 1.29 is 22.4 Å². The van der Waals surface area contributed by atoms with Crippen molar-refractivity contribution in [3.05, 3.63) is 52.0 Å². The number of rotatable bonds is 3. The molecule has 0 radical (unpaired) electrons. The molecule has 1 atom stereocenters. The van der Waals surface area contributed by atoms with Crippen LogP contribution in [0.15, 0.2) is 29.2 Å². The van der Waals surface area contributed by atoms with Crippen molar-refractivity contribution in [1.29, 1.82) is 0 Å². The second-order valence-electron chi connectivity index (χ2n) is 8.02. The summed E-state index contributed by atoms with van der Waals surface area (Å²) in [5.74, 6) is -0.0307. The Bertz CT molecular complexity index is 1260. The third-order valence-electron chi connectivity index (χ3n) is 5.82. The van der Waals surface area contributed by atoms with E-state index >= 15 is 0 Å². The Morgan fingerprint density at radius 2 is 2.03 bits per heavy atom. The van der Waals surface area contributed by atoms with E-state index in [0.29, 0.717) is 30.5 Å². The number of alkyl halides is 4. The number of pyridine rings is 2. The number of nitrogens with zero attached hydrogens (tertiary/aromatic N) is 6. The SMILES string of the molecule is O=C(C1CCCc2nn(Cc3cc4cccnc4nc3C(F)(F)F)c(=O)n21)N1CC(F)C1. The van der Waals surface area contributed by atoms with Crippen LogP contribution in [-0.4, -0.2) is 54.4 Å². The zero-order valence-electron chi connectivity index (χ0n) is 16.7. The Morgan fingerprint density at radius 3 is 2.75 bits per heavy atom. The van der Waals surface area contributed by atoms with Crippen molar-refractivity contribution in [2.75, 3.05) is 13.1 Å². The lowest BCUT2D eigenvalue weighted by Crippen LogP contribution is -2.54. The molecule has 32 heavy (non-hydrogen) atoms. The molecule has 0 saturated carbocycles. The summed E-state index contributed by atoms with van der Waals surface area (Å²) in [4.78, 5) is 34.7. The van der Waals surface area contributed by atoms with Gasteiger partial charge in [-0.05, 0) is 31.0 Å². The molecule has 12 heteroatoms. The molecule has 0 aliphatic carbocycles. The maximum absolute atomic E-state index is 13.7. The van der Waals surface area contributed by atoms with Gasteiger partial charge in [0.05, 0.1) is 19.6 Å². The van der Waals surface area contributed by atoms with Crippen LogP contribution >= 0.6 is 0 Å². The predicted molar refractivity (Wildman–Crippen MR) is 104 cm³/mol. The molecule has 0 bridgehead atoms. The molecule has 2 aliphatic rings. The first-order valence-corrected chi connectivity index (χ1v) is 10.2. The summed E-state index contributed by atoms with van der Waals surface area (Å²) in [5, 5.41) is 4.61. The molecule has 5 rings (SSSR count). The molecule has 0 spiro atoms. The van der Waals surface area contributed by atoms with Gasteiger partial charge in [-0.15, -0.1) is 0 Å². The molecule has 1 fully saturated rings. The molecular formula is C20H18F4N6O2. The molecule has 1 unspecified atom stereocenters. The van der Waals surface area contributed by atoms with Gasteiger partial charge in [-0.2, -0.15) is 18.3 Å². The van der Waals surface area contributed by atoms with Crippen LogP contribution in [0.2, 0.25) is 0 Å². The molecular weight excluding hydrogens is 432 g/mol. The van der Waals surface area contributed by atoms with E-state index in [2.05, 4.69) is 15.1 Å². The minimum atomic E-state index is -4.75. The molecule has 1 saturated heterocycles. The third-order valence-corrected chi connectivity index (χ3v) is 5.82. The molecule has 0 N–H and O–H groups in total. The largest absolute Gasteiger partial charge is 0.433 e. The summed E-state index contributed by atoms with van der Waals surface area (Å²) >= 11 is 0. The van der Waals surface area contributed by atoms with Crippen molar-refractivity contribution in [3.63, 3.8) is 0 Å². The smallest absolute Gasteiger partial charge is 0.335 e. The molecule has 8 nitrogen and oxygen atoms in total. The third kappa shape index (κ3) is 3.43. The highest BCUT2D eigenvalue weighted by atomic mass is 19.4. The zero-order chi connectivity index (χ0) is 22.6. The molecule has 5 heterocycles. The van der Waals surface area contributed by atoms with Gasteiger partial charge < -0.3 is 4.90 Å². The normalized spacial score (nSPS) is 19.1. The van der Waals surface area contributed by atoms with E-state index in [-0.39, 0.29) is 30.2 Å². The number of carbonyl (C=O) groups excluding carboxylic acids is 1. The number of likely N-dealkylation sites (tertiary alicyclic amines) is 1. The Kier molecular flexibility index (Phi) is 4.75. The van der Waals surface area contributed by atoms with E-state index in [9.17, 15) is 27.2 Å². The Morgan fingerprint density at radius 1 is 1.25 bits per heavy atom. The fraction of sp³-hybridized carbons (Fsp3) is 0.450. The fourth-order valence-corrected chi connectivity index (χ4v) is 4.26. The van der Waals surface area contributed by atoms with Gasteiger partial charge in [0.1, 0.15) is 18.0 Å². The minimum absolute atomic E-state index is 0.0146. The van der Waals surface area contributed by atoms with Gasteiger partial charge in [0.25, 0.3) is 0 Å². The fourth-order valence-electron chi connectivity index (χ4n) is 4.26. The zero-order valence-corrected chi connectivity index (χ0v) is 16.7. The van der Waals surface area contributed by atoms with Gasteiger partial charge in [-0.3, -0.25) is 9.36 Å². The van der Waals surface area contributed by atoms with Crippen molar-refractivity contribution >= 4 is 16.9 Å². The van der Waals surface area contributed by atoms with Crippen LogP contribution in [0.1, 0.15) is 36.0 Å². The summed E-state index contributed by atoms with van der Waals surface area (Å²) in [6.45, 7) is -0.485. The summed E-state index contributed by atoms with van der Waals surface area (Å²) in [6, 6.07) is 3.64. The average molecular weight is 450 g/mol. The van der Waals surface area contributed by atoms with Crippen LogP contribution in [0.25, 0.3) is 11.0 Å². The highest BCUT2D eigenvalue weighted by Gasteiger charge is 2.39. The number of aryl methyl sites for hydroxylation is 1. The van der Waals surface area contributed by atoms with Crippen LogP contribution in [0, 0.1) is 0 Å². The number of hydrogen-bond acceptors (Lipinski definition) is 5. The molecule has 3 aromatic heterocycles. The average Bonchev–Trinajstić information content (AvgIpc) is 3.05.